The van der Waals surface area contributed by atoms with Crippen LogP contribution in [0.25, 0.3) is 0 Å². The molecule has 0 bridgehead atoms. The molecule has 0 rings (SSSR count). The third-order valence-corrected chi connectivity index (χ3v) is 12.8. The number of allylic oxidation sites excluding steroid dienone is 2. The Bertz CT molecular complexity index is 978. The van der Waals surface area contributed by atoms with E-state index >= 15 is 0 Å². The van der Waals surface area contributed by atoms with Crippen molar-refractivity contribution in [2.75, 3.05) is 13.2 Å². The van der Waals surface area contributed by atoms with Gasteiger partial charge in [-0.05, 0) is 44.9 Å². The summed E-state index contributed by atoms with van der Waals surface area (Å²) >= 11 is 0. The molecule has 6 heteroatoms. The fourth-order valence-electron chi connectivity index (χ4n) is 8.50. The van der Waals surface area contributed by atoms with Gasteiger partial charge in [0.25, 0.3) is 0 Å². The van der Waals surface area contributed by atoms with Crippen LogP contribution < -0.4 is 0 Å². The molecular weight excluding hydrogens is 781 g/mol. The molecule has 0 spiro atoms. The highest BCUT2D eigenvalue weighted by molar-refractivity contribution is 5.71. The van der Waals surface area contributed by atoms with Crippen molar-refractivity contribution < 1.29 is 28.6 Å². The van der Waals surface area contributed by atoms with E-state index in [2.05, 4.69) is 32.9 Å². The summed E-state index contributed by atoms with van der Waals surface area (Å²) in [7, 11) is 0. The zero-order valence-electron chi connectivity index (χ0n) is 42.6. The van der Waals surface area contributed by atoms with Gasteiger partial charge in [-0.1, -0.05) is 264 Å². The molecule has 0 aromatic heterocycles. The second kappa shape index (κ2) is 52.8. The molecule has 0 aromatic carbocycles. The molecule has 372 valence electrons. The van der Waals surface area contributed by atoms with E-state index in [1.165, 1.54) is 212 Å². The minimum absolute atomic E-state index is 0.0679. The first-order valence-electron chi connectivity index (χ1n) is 28.2. The van der Waals surface area contributed by atoms with Gasteiger partial charge in [0.1, 0.15) is 13.2 Å². The van der Waals surface area contributed by atoms with Crippen LogP contribution in [-0.4, -0.2) is 37.2 Å². The minimum atomic E-state index is -0.767. The summed E-state index contributed by atoms with van der Waals surface area (Å²) < 4.78 is 16.8. The van der Waals surface area contributed by atoms with E-state index in [9.17, 15) is 14.4 Å². The van der Waals surface area contributed by atoms with E-state index in [4.69, 9.17) is 14.2 Å². The molecule has 1 unspecified atom stereocenters. The standard InChI is InChI=1S/C57H108O6/c1-4-7-10-13-16-19-22-24-25-26-27-28-29-30-31-32-34-35-38-41-44-47-50-56(59)62-53-54(52-61-55(58)49-46-43-40-37-21-18-15-12-9-6-3)63-57(60)51-48-45-42-39-36-33-23-20-17-14-11-8-5-2/h20,23,54H,4-19,21-22,24-53H2,1-3H3/b23-20-. The summed E-state index contributed by atoms with van der Waals surface area (Å²) in [6.07, 6.45) is 59.3. The molecule has 0 aliphatic rings. The molecule has 0 aliphatic carbocycles. The smallest absolute Gasteiger partial charge is 0.306 e. The highest BCUT2D eigenvalue weighted by atomic mass is 16.6. The van der Waals surface area contributed by atoms with Gasteiger partial charge in [0.2, 0.25) is 0 Å². The van der Waals surface area contributed by atoms with Gasteiger partial charge in [-0.15, -0.1) is 0 Å². The summed E-state index contributed by atoms with van der Waals surface area (Å²) in [5, 5.41) is 0. The summed E-state index contributed by atoms with van der Waals surface area (Å²) in [5.41, 5.74) is 0. The first-order valence-corrected chi connectivity index (χ1v) is 28.2. The normalized spacial score (nSPS) is 12.0. The van der Waals surface area contributed by atoms with Gasteiger partial charge < -0.3 is 14.2 Å². The summed E-state index contributed by atoms with van der Waals surface area (Å²) in [6, 6.07) is 0. The lowest BCUT2D eigenvalue weighted by molar-refractivity contribution is -0.167. The average molecular weight is 889 g/mol. The minimum Gasteiger partial charge on any atom is -0.462 e. The van der Waals surface area contributed by atoms with Crippen molar-refractivity contribution in [3.05, 3.63) is 12.2 Å². The largest absolute Gasteiger partial charge is 0.462 e. The van der Waals surface area contributed by atoms with E-state index < -0.39 is 6.10 Å². The Kier molecular flexibility index (Phi) is 51.2. The number of hydrogen-bond donors (Lipinski definition) is 0. The van der Waals surface area contributed by atoms with Crippen molar-refractivity contribution in [3.63, 3.8) is 0 Å². The predicted molar refractivity (Wildman–Crippen MR) is 270 cm³/mol. The van der Waals surface area contributed by atoms with Crippen LogP contribution in [0.3, 0.4) is 0 Å². The Morgan fingerprint density at radius 3 is 0.810 bits per heavy atom. The molecule has 0 amide bonds. The highest BCUT2D eigenvalue weighted by Crippen LogP contribution is 2.17. The SMILES string of the molecule is CCCCCC/C=C\CCCCCCCC(=O)OC(COC(=O)CCCCCCCCCCCC)COC(=O)CCCCCCCCCCCCCCCCCCCCCCCC. The second-order valence-electron chi connectivity index (χ2n) is 19.2. The van der Waals surface area contributed by atoms with Gasteiger partial charge in [-0.2, -0.15) is 0 Å². The molecule has 0 saturated heterocycles. The summed E-state index contributed by atoms with van der Waals surface area (Å²) in [6.45, 7) is 6.65. The fourth-order valence-corrected chi connectivity index (χ4v) is 8.50. The van der Waals surface area contributed by atoms with Crippen LogP contribution >= 0.6 is 0 Å². The quantitative estimate of drug-likeness (QED) is 0.0262. The number of ether oxygens (including phenoxy) is 3. The van der Waals surface area contributed by atoms with Gasteiger partial charge in [0.15, 0.2) is 6.10 Å². The molecule has 1 atom stereocenters. The van der Waals surface area contributed by atoms with E-state index in [0.29, 0.717) is 19.3 Å². The Morgan fingerprint density at radius 2 is 0.524 bits per heavy atom. The molecular formula is C57H108O6. The monoisotopic (exact) mass is 889 g/mol. The first-order chi connectivity index (χ1) is 31.0. The molecule has 0 radical (unpaired) electrons. The first kappa shape index (κ1) is 61.1. The molecule has 0 aromatic rings. The summed E-state index contributed by atoms with van der Waals surface area (Å²) in [4.78, 5) is 38.0. The van der Waals surface area contributed by atoms with Crippen LogP contribution in [0.1, 0.15) is 316 Å². The van der Waals surface area contributed by atoms with Crippen LogP contribution in [0.15, 0.2) is 12.2 Å². The van der Waals surface area contributed by atoms with E-state index in [1.807, 2.05) is 0 Å². The van der Waals surface area contributed by atoms with Crippen molar-refractivity contribution in [1.82, 2.24) is 0 Å². The number of rotatable bonds is 52. The van der Waals surface area contributed by atoms with E-state index in [0.717, 1.165) is 64.2 Å². The van der Waals surface area contributed by atoms with Gasteiger partial charge in [0.05, 0.1) is 0 Å². The third kappa shape index (κ3) is 51.0. The number of hydrogen-bond acceptors (Lipinski definition) is 6. The van der Waals surface area contributed by atoms with Crippen molar-refractivity contribution >= 4 is 17.9 Å². The van der Waals surface area contributed by atoms with Crippen molar-refractivity contribution in [2.24, 2.45) is 0 Å². The maximum atomic E-state index is 12.8. The number of carbonyl (C=O) groups excluding carboxylic acids is 3. The number of carbonyl (C=O) groups is 3. The highest BCUT2D eigenvalue weighted by Gasteiger charge is 2.19. The number of unbranched alkanes of at least 4 members (excludes halogenated alkanes) is 39. The van der Waals surface area contributed by atoms with Crippen molar-refractivity contribution in [2.45, 2.75) is 322 Å². The molecule has 6 nitrogen and oxygen atoms in total. The Labute approximate surface area is 392 Å². The van der Waals surface area contributed by atoms with E-state index in [1.54, 1.807) is 0 Å². The summed E-state index contributed by atoms with van der Waals surface area (Å²) in [5.74, 6) is -0.859. The van der Waals surface area contributed by atoms with E-state index in [-0.39, 0.29) is 31.1 Å². The number of esters is 3. The molecule has 0 saturated carbocycles. The average Bonchev–Trinajstić information content (AvgIpc) is 3.28. The topological polar surface area (TPSA) is 78.9 Å². The zero-order valence-corrected chi connectivity index (χ0v) is 42.6. The molecule has 0 heterocycles. The van der Waals surface area contributed by atoms with Crippen LogP contribution in [0.5, 0.6) is 0 Å². The molecule has 0 aliphatic heterocycles. The van der Waals surface area contributed by atoms with Crippen LogP contribution in [-0.2, 0) is 28.6 Å². The maximum absolute atomic E-state index is 12.8. The molecule has 0 fully saturated rings. The van der Waals surface area contributed by atoms with Gasteiger partial charge in [-0.3, -0.25) is 14.4 Å². The second-order valence-corrected chi connectivity index (χ2v) is 19.2. The molecule has 0 N–H and O–H groups in total. The van der Waals surface area contributed by atoms with Gasteiger partial charge in [-0.25, -0.2) is 0 Å². The lowest BCUT2D eigenvalue weighted by Gasteiger charge is -2.18. The fraction of sp³-hybridized carbons (Fsp3) is 0.912. The van der Waals surface area contributed by atoms with Crippen LogP contribution in [0.4, 0.5) is 0 Å². The Hall–Kier alpha value is -1.85. The van der Waals surface area contributed by atoms with Crippen LogP contribution in [0, 0.1) is 0 Å². The lowest BCUT2D eigenvalue weighted by atomic mass is 10.0. The van der Waals surface area contributed by atoms with Gasteiger partial charge in [0, 0.05) is 19.3 Å². The third-order valence-electron chi connectivity index (χ3n) is 12.8. The predicted octanol–water partition coefficient (Wildman–Crippen LogP) is 18.5. The Morgan fingerprint density at radius 1 is 0.302 bits per heavy atom. The van der Waals surface area contributed by atoms with Crippen LogP contribution in [0.2, 0.25) is 0 Å². The molecule has 63 heavy (non-hydrogen) atoms. The zero-order chi connectivity index (χ0) is 45.8. The van der Waals surface area contributed by atoms with Crippen molar-refractivity contribution in [1.29, 1.82) is 0 Å². The maximum Gasteiger partial charge on any atom is 0.306 e. The van der Waals surface area contributed by atoms with Crippen molar-refractivity contribution in [3.8, 4) is 0 Å². The Balaban J connectivity index is 4.19. The van der Waals surface area contributed by atoms with Gasteiger partial charge >= 0.3 is 17.9 Å². The lowest BCUT2D eigenvalue weighted by Crippen LogP contribution is -2.30.